The lowest BCUT2D eigenvalue weighted by Crippen LogP contribution is -2.52. The fourth-order valence-electron chi connectivity index (χ4n) is 4.42. The maximum absolute atomic E-state index is 14.2. The molecule has 0 heterocycles. The zero-order valence-electron chi connectivity index (χ0n) is 23.9. The van der Waals surface area contributed by atoms with Gasteiger partial charge in [0.2, 0.25) is 11.8 Å². The molecule has 1 N–H and O–H groups in total. The molecule has 0 saturated heterocycles. The maximum Gasteiger partial charge on any atom is 0.264 e. The molecule has 0 saturated carbocycles. The van der Waals surface area contributed by atoms with E-state index in [0.717, 1.165) is 33.8 Å². The third kappa shape index (κ3) is 8.24. The van der Waals surface area contributed by atoms with Crippen molar-refractivity contribution in [2.45, 2.75) is 64.4 Å². The monoisotopic (exact) mass is 617 g/mol. The molecule has 0 fully saturated rings. The van der Waals surface area contributed by atoms with Gasteiger partial charge in [-0.2, -0.15) is 0 Å². The van der Waals surface area contributed by atoms with Gasteiger partial charge in [-0.25, -0.2) is 8.42 Å². The highest BCUT2D eigenvalue weighted by molar-refractivity contribution is 7.92. The number of unbranched alkanes of at least 4 members (excludes halogenated alkanes) is 1. The topological polar surface area (TPSA) is 86.8 Å². The third-order valence-electron chi connectivity index (χ3n) is 6.88. The molecule has 0 bridgehead atoms. The zero-order valence-corrected chi connectivity index (χ0v) is 26.2. The lowest BCUT2D eigenvalue weighted by Gasteiger charge is -2.33. The Bertz CT molecular complexity index is 1460. The van der Waals surface area contributed by atoms with E-state index in [-0.39, 0.29) is 33.1 Å². The van der Waals surface area contributed by atoms with E-state index >= 15 is 0 Å². The number of carbonyl (C=O) groups excluding carboxylic acids is 2. The molecular weight excluding hydrogens is 581 g/mol. The Hall–Kier alpha value is -3.07. The molecular formula is C31H37Cl2N3O4S. The standard InChI is InChI=1S/C31H37Cl2N3O4S/c1-5-7-18-34-31(38)28(6-2)35(20-24-11-9-8-10-23(24)4)30(37)21-36(29-19-25(32)14-17-27(29)33)41(39,40)26-15-12-22(3)13-16-26/h8-17,19,28H,5-7,18,20-21H2,1-4H3,(H,34,38). The van der Waals surface area contributed by atoms with Gasteiger partial charge >= 0.3 is 0 Å². The van der Waals surface area contributed by atoms with Crippen molar-refractivity contribution in [3.63, 3.8) is 0 Å². The van der Waals surface area contributed by atoms with Crippen LogP contribution < -0.4 is 9.62 Å². The van der Waals surface area contributed by atoms with Crippen LogP contribution >= 0.6 is 23.2 Å². The number of anilines is 1. The van der Waals surface area contributed by atoms with Crippen molar-refractivity contribution in [1.29, 1.82) is 0 Å². The number of rotatable bonds is 13. The van der Waals surface area contributed by atoms with Gasteiger partial charge < -0.3 is 10.2 Å². The van der Waals surface area contributed by atoms with Crippen molar-refractivity contribution < 1.29 is 18.0 Å². The summed E-state index contributed by atoms with van der Waals surface area (Å²) in [6, 6.07) is 17.6. The van der Waals surface area contributed by atoms with Crippen LogP contribution in [0.15, 0.2) is 71.6 Å². The molecule has 0 aliphatic rings. The number of carbonyl (C=O) groups is 2. The number of aryl methyl sites for hydroxylation is 2. The van der Waals surface area contributed by atoms with E-state index in [1.807, 2.05) is 52.0 Å². The molecule has 2 amide bonds. The first-order valence-corrected chi connectivity index (χ1v) is 15.8. The van der Waals surface area contributed by atoms with Gasteiger partial charge in [-0.15, -0.1) is 0 Å². The fraction of sp³-hybridized carbons (Fsp3) is 0.355. The van der Waals surface area contributed by atoms with Crippen LogP contribution in [0.4, 0.5) is 5.69 Å². The normalized spacial score (nSPS) is 12.0. The van der Waals surface area contributed by atoms with Gasteiger partial charge in [0, 0.05) is 18.1 Å². The molecule has 3 aromatic carbocycles. The largest absolute Gasteiger partial charge is 0.354 e. The van der Waals surface area contributed by atoms with Crippen LogP contribution in [-0.2, 0) is 26.2 Å². The van der Waals surface area contributed by atoms with Gasteiger partial charge in [-0.3, -0.25) is 13.9 Å². The van der Waals surface area contributed by atoms with Crippen molar-refractivity contribution in [2.24, 2.45) is 0 Å². The molecule has 3 rings (SSSR count). The Morgan fingerprint density at radius 3 is 2.27 bits per heavy atom. The van der Waals surface area contributed by atoms with Crippen molar-refractivity contribution >= 4 is 50.7 Å². The molecule has 3 aromatic rings. The smallest absolute Gasteiger partial charge is 0.264 e. The number of hydrogen-bond donors (Lipinski definition) is 1. The van der Waals surface area contributed by atoms with Crippen LogP contribution in [0.2, 0.25) is 10.0 Å². The fourth-order valence-corrected chi connectivity index (χ4v) is 6.29. The Balaban J connectivity index is 2.09. The quantitative estimate of drug-likeness (QED) is 0.221. The average Bonchev–Trinajstić information content (AvgIpc) is 2.94. The van der Waals surface area contributed by atoms with Gasteiger partial charge in [0.25, 0.3) is 10.0 Å². The van der Waals surface area contributed by atoms with E-state index in [1.54, 1.807) is 18.2 Å². The predicted molar refractivity (Wildman–Crippen MR) is 166 cm³/mol. The number of benzene rings is 3. The van der Waals surface area contributed by atoms with Gasteiger partial charge in [-0.1, -0.05) is 85.4 Å². The average molecular weight is 619 g/mol. The van der Waals surface area contributed by atoms with E-state index in [2.05, 4.69) is 5.32 Å². The minimum absolute atomic E-state index is 0.00162. The molecule has 7 nitrogen and oxygen atoms in total. The third-order valence-corrected chi connectivity index (χ3v) is 9.21. The minimum Gasteiger partial charge on any atom is -0.354 e. The van der Waals surface area contributed by atoms with Gasteiger partial charge in [0.1, 0.15) is 12.6 Å². The van der Waals surface area contributed by atoms with E-state index in [4.69, 9.17) is 23.2 Å². The van der Waals surface area contributed by atoms with Crippen LogP contribution in [0.1, 0.15) is 49.8 Å². The lowest BCUT2D eigenvalue weighted by molar-refractivity contribution is -0.140. The molecule has 0 aliphatic heterocycles. The molecule has 0 radical (unpaired) electrons. The summed E-state index contributed by atoms with van der Waals surface area (Å²) in [6.45, 7) is 7.68. The second kappa shape index (κ2) is 14.7. The number of hydrogen-bond acceptors (Lipinski definition) is 4. The summed E-state index contributed by atoms with van der Waals surface area (Å²) in [5.41, 5.74) is 2.77. The van der Waals surface area contributed by atoms with E-state index in [1.165, 1.54) is 29.2 Å². The van der Waals surface area contributed by atoms with Crippen LogP contribution in [0, 0.1) is 13.8 Å². The SMILES string of the molecule is CCCCNC(=O)C(CC)N(Cc1ccccc1C)C(=O)CN(c1cc(Cl)ccc1Cl)S(=O)(=O)c1ccc(C)cc1. The van der Waals surface area contributed by atoms with Gasteiger partial charge in [0.05, 0.1) is 15.6 Å². The molecule has 0 aromatic heterocycles. The molecule has 41 heavy (non-hydrogen) atoms. The van der Waals surface area contributed by atoms with E-state index < -0.39 is 28.5 Å². The first kappa shape index (κ1) is 32.4. The molecule has 0 spiro atoms. The zero-order chi connectivity index (χ0) is 30.2. The lowest BCUT2D eigenvalue weighted by atomic mass is 10.1. The van der Waals surface area contributed by atoms with E-state index in [9.17, 15) is 18.0 Å². The summed E-state index contributed by atoms with van der Waals surface area (Å²) < 4.78 is 29.0. The number of halogens is 2. The number of nitrogens with one attached hydrogen (secondary N) is 1. The second-order valence-electron chi connectivity index (χ2n) is 9.94. The summed E-state index contributed by atoms with van der Waals surface area (Å²) in [5.74, 6) is -0.825. The highest BCUT2D eigenvalue weighted by Gasteiger charge is 2.34. The van der Waals surface area contributed by atoms with Crippen LogP contribution in [0.3, 0.4) is 0 Å². The van der Waals surface area contributed by atoms with Crippen molar-refractivity contribution in [1.82, 2.24) is 10.2 Å². The summed E-state index contributed by atoms with van der Waals surface area (Å²) >= 11 is 12.7. The Morgan fingerprint density at radius 1 is 0.951 bits per heavy atom. The van der Waals surface area contributed by atoms with Crippen LogP contribution in [-0.4, -0.2) is 44.3 Å². The Labute approximate surface area is 253 Å². The molecule has 1 atom stereocenters. The number of amides is 2. The highest BCUT2D eigenvalue weighted by atomic mass is 35.5. The second-order valence-corrected chi connectivity index (χ2v) is 12.6. The van der Waals surface area contributed by atoms with Crippen molar-refractivity contribution in [3.05, 3.63) is 93.5 Å². The summed E-state index contributed by atoms with van der Waals surface area (Å²) in [5, 5.41) is 3.31. The van der Waals surface area contributed by atoms with E-state index in [0.29, 0.717) is 13.0 Å². The Morgan fingerprint density at radius 2 is 1.63 bits per heavy atom. The summed E-state index contributed by atoms with van der Waals surface area (Å²) in [7, 11) is -4.25. The summed E-state index contributed by atoms with van der Waals surface area (Å²) in [6.07, 6.45) is 2.07. The molecule has 0 aliphatic carbocycles. The van der Waals surface area contributed by atoms with Crippen LogP contribution in [0.5, 0.6) is 0 Å². The molecule has 1 unspecified atom stereocenters. The molecule has 220 valence electrons. The number of nitrogens with zero attached hydrogens (tertiary/aromatic N) is 2. The first-order chi connectivity index (χ1) is 19.5. The highest BCUT2D eigenvalue weighted by Crippen LogP contribution is 2.33. The molecule has 10 heteroatoms. The van der Waals surface area contributed by atoms with Crippen molar-refractivity contribution in [3.8, 4) is 0 Å². The summed E-state index contributed by atoms with van der Waals surface area (Å²) in [4.78, 5) is 28.9. The van der Waals surface area contributed by atoms with Crippen LogP contribution in [0.25, 0.3) is 0 Å². The van der Waals surface area contributed by atoms with Gasteiger partial charge in [0.15, 0.2) is 0 Å². The van der Waals surface area contributed by atoms with Crippen molar-refractivity contribution in [2.75, 3.05) is 17.4 Å². The minimum atomic E-state index is -4.25. The maximum atomic E-state index is 14.2. The first-order valence-electron chi connectivity index (χ1n) is 13.7. The predicted octanol–water partition coefficient (Wildman–Crippen LogP) is 6.53. The van der Waals surface area contributed by atoms with Gasteiger partial charge in [-0.05, 0) is 68.1 Å². The number of sulfonamides is 1. The Kier molecular flexibility index (Phi) is 11.6.